The van der Waals surface area contributed by atoms with Crippen LogP contribution >= 0.6 is 0 Å². The van der Waals surface area contributed by atoms with Gasteiger partial charge in [0.05, 0.1) is 0 Å². The molecule has 0 radical (unpaired) electrons. The van der Waals surface area contributed by atoms with Crippen molar-refractivity contribution in [3.63, 3.8) is 0 Å². The van der Waals surface area contributed by atoms with Crippen LogP contribution in [-0.2, 0) is 4.79 Å². The summed E-state index contributed by atoms with van der Waals surface area (Å²) in [5.74, 6) is 0.946. The first-order valence-electron chi connectivity index (χ1n) is 10.5. The monoisotopic (exact) mass is 321 g/mol. The Hall–Kier alpha value is -0.370. The van der Waals surface area contributed by atoms with E-state index >= 15 is 0 Å². The van der Waals surface area contributed by atoms with Gasteiger partial charge in [-0.2, -0.15) is 0 Å². The molecule has 23 heavy (non-hydrogen) atoms. The molecule has 0 aromatic carbocycles. The van der Waals surface area contributed by atoms with Gasteiger partial charge in [0.15, 0.2) is 0 Å². The van der Waals surface area contributed by atoms with E-state index in [2.05, 4.69) is 18.9 Å². The molecule has 1 aliphatic carbocycles. The highest BCUT2D eigenvalue weighted by atomic mass is 16.1. The molecule has 0 N–H and O–H groups in total. The lowest BCUT2D eigenvalue weighted by molar-refractivity contribution is -0.133. The van der Waals surface area contributed by atoms with Crippen molar-refractivity contribution in [2.75, 3.05) is 7.05 Å². The maximum atomic E-state index is 12.4. The molecular weight excluding hydrogens is 282 g/mol. The standard InChI is InChI=1S/C21H39NO/c1-3-4-5-6-7-8-9-10-11-14-18-17-21(23)19-15-12-13-16-20(19)22(18)2/h18-20H,3-17H2,1-2H3/t18-,19+,20+/m1/s1. The molecule has 0 aromatic heterocycles. The molecule has 0 bridgehead atoms. The summed E-state index contributed by atoms with van der Waals surface area (Å²) in [7, 11) is 2.29. The van der Waals surface area contributed by atoms with E-state index in [9.17, 15) is 4.79 Å². The van der Waals surface area contributed by atoms with Crippen molar-refractivity contribution in [2.24, 2.45) is 5.92 Å². The van der Waals surface area contributed by atoms with Crippen LogP contribution in [0.25, 0.3) is 0 Å². The van der Waals surface area contributed by atoms with Gasteiger partial charge >= 0.3 is 0 Å². The summed E-state index contributed by atoms with van der Waals surface area (Å²) < 4.78 is 0. The predicted molar refractivity (Wildman–Crippen MR) is 98.8 cm³/mol. The van der Waals surface area contributed by atoms with E-state index in [1.54, 1.807) is 0 Å². The number of Topliss-reactive ketones (excluding diaryl/α,β-unsaturated/α-hetero) is 1. The van der Waals surface area contributed by atoms with Gasteiger partial charge in [-0.3, -0.25) is 9.69 Å². The van der Waals surface area contributed by atoms with E-state index in [0.29, 0.717) is 23.8 Å². The maximum absolute atomic E-state index is 12.4. The first-order chi connectivity index (χ1) is 11.2. The third-order valence-corrected chi connectivity index (χ3v) is 6.32. The summed E-state index contributed by atoms with van der Waals surface area (Å²) in [4.78, 5) is 15.0. The number of hydrogen-bond donors (Lipinski definition) is 0. The van der Waals surface area contributed by atoms with Crippen LogP contribution in [0.2, 0.25) is 0 Å². The quantitative estimate of drug-likeness (QED) is 0.478. The zero-order chi connectivity index (χ0) is 16.5. The zero-order valence-electron chi connectivity index (χ0n) is 15.7. The Morgan fingerprint density at radius 2 is 1.52 bits per heavy atom. The van der Waals surface area contributed by atoms with Crippen LogP contribution in [0.4, 0.5) is 0 Å². The van der Waals surface area contributed by atoms with E-state index in [1.165, 1.54) is 83.5 Å². The van der Waals surface area contributed by atoms with Crippen molar-refractivity contribution in [2.45, 2.75) is 115 Å². The first kappa shape index (κ1) is 19.0. The third-order valence-electron chi connectivity index (χ3n) is 6.32. The van der Waals surface area contributed by atoms with Crippen molar-refractivity contribution in [1.29, 1.82) is 0 Å². The molecule has 1 saturated heterocycles. The van der Waals surface area contributed by atoms with Crippen molar-refractivity contribution in [3.05, 3.63) is 0 Å². The van der Waals surface area contributed by atoms with Crippen LogP contribution < -0.4 is 0 Å². The molecule has 134 valence electrons. The third kappa shape index (κ3) is 5.89. The van der Waals surface area contributed by atoms with Gasteiger partial charge in [0.25, 0.3) is 0 Å². The van der Waals surface area contributed by atoms with Crippen molar-refractivity contribution >= 4 is 5.78 Å². The number of likely N-dealkylation sites (tertiary alicyclic amines) is 1. The molecule has 2 rings (SSSR count). The molecule has 0 aromatic rings. The number of carbonyl (C=O) groups excluding carboxylic acids is 1. The van der Waals surface area contributed by atoms with Crippen LogP contribution in [0, 0.1) is 5.92 Å². The molecule has 1 heterocycles. The van der Waals surface area contributed by atoms with Crippen LogP contribution in [0.15, 0.2) is 0 Å². The lowest BCUT2D eigenvalue weighted by Crippen LogP contribution is -2.53. The van der Waals surface area contributed by atoms with Crippen LogP contribution in [-0.4, -0.2) is 29.8 Å². The second kappa shape index (κ2) is 10.5. The van der Waals surface area contributed by atoms with E-state index in [0.717, 1.165) is 12.8 Å². The fraction of sp³-hybridized carbons (Fsp3) is 0.952. The van der Waals surface area contributed by atoms with E-state index in [4.69, 9.17) is 0 Å². The van der Waals surface area contributed by atoms with Gasteiger partial charge in [-0.25, -0.2) is 0 Å². The Morgan fingerprint density at radius 1 is 0.913 bits per heavy atom. The minimum absolute atomic E-state index is 0.369. The van der Waals surface area contributed by atoms with E-state index in [1.807, 2.05) is 0 Å². The highest BCUT2D eigenvalue weighted by molar-refractivity contribution is 5.83. The average Bonchev–Trinajstić information content (AvgIpc) is 2.57. The smallest absolute Gasteiger partial charge is 0.139 e. The highest BCUT2D eigenvalue weighted by Crippen LogP contribution is 2.36. The molecule has 2 heteroatoms. The number of unbranched alkanes of at least 4 members (excludes halogenated alkanes) is 8. The molecule has 1 saturated carbocycles. The minimum atomic E-state index is 0.369. The molecule has 2 aliphatic rings. The normalized spacial score (nSPS) is 28.8. The van der Waals surface area contributed by atoms with Crippen molar-refractivity contribution < 1.29 is 4.79 Å². The summed E-state index contributed by atoms with van der Waals surface area (Å²) in [6.45, 7) is 2.28. The van der Waals surface area contributed by atoms with Crippen molar-refractivity contribution in [3.8, 4) is 0 Å². The van der Waals surface area contributed by atoms with Crippen LogP contribution in [0.5, 0.6) is 0 Å². The van der Waals surface area contributed by atoms with Gasteiger partial charge in [0.1, 0.15) is 5.78 Å². The Labute approximate surface area is 144 Å². The zero-order valence-corrected chi connectivity index (χ0v) is 15.7. The number of fused-ring (bicyclic) bond motifs is 1. The maximum Gasteiger partial charge on any atom is 0.139 e. The topological polar surface area (TPSA) is 20.3 Å². The predicted octanol–water partition coefficient (Wildman–Crippen LogP) is 5.74. The Morgan fingerprint density at radius 3 is 2.22 bits per heavy atom. The number of nitrogens with zero attached hydrogens (tertiary/aromatic N) is 1. The summed E-state index contributed by atoms with van der Waals surface area (Å²) in [5.41, 5.74) is 0. The van der Waals surface area contributed by atoms with Gasteiger partial charge in [-0.15, -0.1) is 0 Å². The number of hydrogen-bond acceptors (Lipinski definition) is 2. The fourth-order valence-electron chi connectivity index (χ4n) is 4.77. The second-order valence-corrected chi connectivity index (χ2v) is 8.07. The van der Waals surface area contributed by atoms with Crippen molar-refractivity contribution in [1.82, 2.24) is 4.90 Å². The SMILES string of the molecule is CCCCCCCCCCC[C@@H]1CC(=O)[C@H]2CCCC[C@@H]2N1C. The summed E-state index contributed by atoms with van der Waals surface area (Å²) >= 11 is 0. The first-order valence-corrected chi connectivity index (χ1v) is 10.5. The van der Waals surface area contributed by atoms with Gasteiger partial charge in [-0.1, -0.05) is 77.6 Å². The molecular formula is C21H39NO. The minimum Gasteiger partial charge on any atom is -0.299 e. The van der Waals surface area contributed by atoms with Gasteiger partial charge in [0, 0.05) is 24.4 Å². The van der Waals surface area contributed by atoms with E-state index in [-0.39, 0.29) is 0 Å². The lowest BCUT2D eigenvalue weighted by Gasteiger charge is -2.46. The lowest BCUT2D eigenvalue weighted by atomic mass is 9.75. The highest BCUT2D eigenvalue weighted by Gasteiger charge is 2.40. The summed E-state index contributed by atoms with van der Waals surface area (Å²) in [6, 6.07) is 1.10. The number of piperidine rings is 1. The Balaban J connectivity index is 1.57. The number of carbonyl (C=O) groups is 1. The molecule has 2 nitrogen and oxygen atoms in total. The van der Waals surface area contributed by atoms with Crippen LogP contribution in [0.1, 0.15) is 103 Å². The van der Waals surface area contributed by atoms with Gasteiger partial charge < -0.3 is 0 Å². The molecule has 1 aliphatic heterocycles. The second-order valence-electron chi connectivity index (χ2n) is 8.07. The fourth-order valence-corrected chi connectivity index (χ4v) is 4.77. The average molecular weight is 322 g/mol. The summed E-state index contributed by atoms with van der Waals surface area (Å²) in [5, 5.41) is 0. The van der Waals surface area contributed by atoms with Gasteiger partial charge in [-0.05, 0) is 26.3 Å². The number of rotatable bonds is 10. The van der Waals surface area contributed by atoms with Crippen LogP contribution in [0.3, 0.4) is 0 Å². The largest absolute Gasteiger partial charge is 0.299 e. The molecule has 3 atom stereocenters. The molecule has 0 amide bonds. The van der Waals surface area contributed by atoms with E-state index < -0.39 is 0 Å². The summed E-state index contributed by atoms with van der Waals surface area (Å²) in [6.07, 6.45) is 19.6. The molecule has 0 unspecified atom stereocenters. The molecule has 2 fully saturated rings. The Bertz CT molecular complexity index is 341. The Kier molecular flexibility index (Phi) is 8.64. The number of ketones is 1. The van der Waals surface area contributed by atoms with Gasteiger partial charge in [0.2, 0.25) is 0 Å². The molecule has 0 spiro atoms.